The molecule has 1 saturated heterocycles. The fraction of sp³-hybridized carbons (Fsp3) is 0.406. The van der Waals surface area contributed by atoms with Crippen molar-refractivity contribution in [3.8, 4) is 5.75 Å². The Balaban J connectivity index is 1.58. The highest BCUT2D eigenvalue weighted by atomic mass is 16.6. The summed E-state index contributed by atoms with van der Waals surface area (Å²) in [6, 6.07) is 13.8. The highest BCUT2D eigenvalue weighted by Crippen LogP contribution is 2.31. The number of carbonyl (C=O) groups excluding carboxylic acids is 2. The van der Waals surface area contributed by atoms with Crippen LogP contribution in [0.25, 0.3) is 17.0 Å². The van der Waals surface area contributed by atoms with E-state index in [1.54, 1.807) is 19.9 Å². The van der Waals surface area contributed by atoms with Crippen LogP contribution in [0.2, 0.25) is 0 Å². The van der Waals surface area contributed by atoms with Gasteiger partial charge in [-0.1, -0.05) is 24.3 Å². The number of hydrogen-bond donors (Lipinski definition) is 0. The van der Waals surface area contributed by atoms with Crippen molar-refractivity contribution < 1.29 is 19.1 Å². The zero-order valence-electron chi connectivity index (χ0n) is 23.6. The number of carbonyl (C=O) groups is 2. The number of pyridine rings is 1. The van der Waals surface area contributed by atoms with Crippen molar-refractivity contribution in [1.82, 2.24) is 4.98 Å². The van der Waals surface area contributed by atoms with Gasteiger partial charge in [-0.05, 0) is 108 Å². The average Bonchev–Trinajstić information content (AvgIpc) is 3.38. The van der Waals surface area contributed by atoms with Crippen molar-refractivity contribution in [3.63, 3.8) is 0 Å². The van der Waals surface area contributed by atoms with Gasteiger partial charge in [0.15, 0.2) is 11.4 Å². The van der Waals surface area contributed by atoms with Crippen molar-refractivity contribution in [3.05, 3.63) is 70.8 Å². The molecule has 6 nitrogen and oxygen atoms in total. The molecule has 0 saturated carbocycles. The largest absolute Gasteiger partial charge is 0.476 e. The van der Waals surface area contributed by atoms with Crippen LogP contribution in [0.15, 0.2) is 48.5 Å². The second kappa shape index (κ2) is 10.6. The zero-order chi connectivity index (χ0) is 27.7. The summed E-state index contributed by atoms with van der Waals surface area (Å²) in [5, 5.41) is 0.952. The molecule has 1 aliphatic rings. The number of nitrogens with zero attached hydrogens (tertiary/aromatic N) is 2. The third-order valence-corrected chi connectivity index (χ3v) is 6.53. The summed E-state index contributed by atoms with van der Waals surface area (Å²) in [5.41, 5.74) is 2.40. The molecular weight excluding hydrogens is 476 g/mol. The van der Waals surface area contributed by atoms with Crippen molar-refractivity contribution in [2.75, 3.05) is 18.0 Å². The predicted molar refractivity (Wildman–Crippen MR) is 153 cm³/mol. The number of aromatic nitrogens is 1. The number of anilines is 1. The van der Waals surface area contributed by atoms with E-state index in [9.17, 15) is 9.59 Å². The molecule has 1 aliphatic heterocycles. The Hall–Kier alpha value is -3.67. The fourth-order valence-corrected chi connectivity index (χ4v) is 4.66. The second-order valence-electron chi connectivity index (χ2n) is 11.5. The van der Waals surface area contributed by atoms with Crippen LogP contribution in [0.3, 0.4) is 0 Å². The number of benzene rings is 2. The molecule has 2 aromatic carbocycles. The van der Waals surface area contributed by atoms with Gasteiger partial charge in [-0.25, -0.2) is 9.78 Å². The molecule has 200 valence electrons. The van der Waals surface area contributed by atoms with Gasteiger partial charge < -0.3 is 14.4 Å². The monoisotopic (exact) mass is 514 g/mol. The van der Waals surface area contributed by atoms with Gasteiger partial charge in [0, 0.05) is 18.5 Å². The maximum absolute atomic E-state index is 13.4. The Morgan fingerprint density at radius 1 is 0.947 bits per heavy atom. The van der Waals surface area contributed by atoms with E-state index in [-0.39, 0.29) is 5.78 Å². The molecule has 3 aromatic rings. The maximum atomic E-state index is 13.4. The zero-order valence-corrected chi connectivity index (χ0v) is 23.6. The van der Waals surface area contributed by atoms with Gasteiger partial charge in [0.05, 0.1) is 11.1 Å². The Morgan fingerprint density at radius 2 is 1.58 bits per heavy atom. The minimum Gasteiger partial charge on any atom is -0.476 e. The summed E-state index contributed by atoms with van der Waals surface area (Å²) in [5.74, 6) is 0.902. The number of aryl methyl sites for hydroxylation is 2. The summed E-state index contributed by atoms with van der Waals surface area (Å²) >= 11 is 0. The van der Waals surface area contributed by atoms with Gasteiger partial charge in [-0.15, -0.1) is 0 Å². The van der Waals surface area contributed by atoms with Gasteiger partial charge in [0.25, 0.3) is 0 Å². The van der Waals surface area contributed by atoms with E-state index < -0.39 is 17.2 Å². The first-order valence-corrected chi connectivity index (χ1v) is 13.2. The third-order valence-electron chi connectivity index (χ3n) is 6.53. The summed E-state index contributed by atoms with van der Waals surface area (Å²) in [6.07, 6.45) is 5.66. The number of para-hydroxylation sites is 1. The highest BCUT2D eigenvalue weighted by Gasteiger charge is 2.35. The van der Waals surface area contributed by atoms with E-state index in [1.807, 2.05) is 83.2 Å². The van der Waals surface area contributed by atoms with Crippen molar-refractivity contribution in [2.45, 2.75) is 72.5 Å². The number of fused-ring (bicyclic) bond motifs is 1. The van der Waals surface area contributed by atoms with Crippen LogP contribution in [-0.4, -0.2) is 41.0 Å². The van der Waals surface area contributed by atoms with Crippen LogP contribution in [-0.2, 0) is 9.53 Å². The molecule has 0 spiro atoms. The van der Waals surface area contributed by atoms with Gasteiger partial charge in [-0.3, -0.25) is 4.79 Å². The van der Waals surface area contributed by atoms with Gasteiger partial charge in [0.1, 0.15) is 17.2 Å². The molecule has 0 amide bonds. The molecule has 1 fully saturated rings. The predicted octanol–water partition coefficient (Wildman–Crippen LogP) is 6.85. The molecule has 2 heterocycles. The molecule has 1 aromatic heterocycles. The molecule has 0 bridgehead atoms. The maximum Gasteiger partial charge on any atom is 0.350 e. The summed E-state index contributed by atoms with van der Waals surface area (Å²) in [6.45, 7) is 14.6. The number of ether oxygens (including phenoxy) is 2. The first-order chi connectivity index (χ1) is 17.8. The number of rotatable bonds is 7. The SMILES string of the molecule is Cc1cc(/C=C/C(=O)c2cc3ccccc3nc2N2CCCC2)cc(C)c1OC(C)(C)C(=O)OC(C)(C)C. The van der Waals surface area contributed by atoms with Crippen LogP contribution in [0, 0.1) is 13.8 Å². The normalized spacial score (nSPS) is 14.3. The van der Waals surface area contributed by atoms with Gasteiger partial charge in [-0.2, -0.15) is 0 Å². The van der Waals surface area contributed by atoms with Crippen LogP contribution in [0.1, 0.15) is 74.5 Å². The topological polar surface area (TPSA) is 68.7 Å². The number of allylic oxidation sites excluding steroid dienone is 1. The first-order valence-electron chi connectivity index (χ1n) is 13.2. The smallest absolute Gasteiger partial charge is 0.350 e. The van der Waals surface area contributed by atoms with Gasteiger partial charge >= 0.3 is 5.97 Å². The second-order valence-corrected chi connectivity index (χ2v) is 11.5. The average molecular weight is 515 g/mol. The summed E-state index contributed by atoms with van der Waals surface area (Å²) in [7, 11) is 0. The quantitative estimate of drug-likeness (QED) is 0.195. The van der Waals surface area contributed by atoms with E-state index in [0.29, 0.717) is 11.3 Å². The Kier molecular flexibility index (Phi) is 7.63. The third kappa shape index (κ3) is 6.24. The minimum absolute atomic E-state index is 0.0770. The molecule has 0 atom stereocenters. The minimum atomic E-state index is -1.15. The number of ketones is 1. The number of esters is 1. The molecule has 0 unspecified atom stereocenters. The molecule has 0 radical (unpaired) electrons. The lowest BCUT2D eigenvalue weighted by atomic mass is 10.0. The Bertz CT molecular complexity index is 1370. The van der Waals surface area contributed by atoms with E-state index in [2.05, 4.69) is 4.90 Å². The van der Waals surface area contributed by atoms with Crippen LogP contribution >= 0.6 is 0 Å². The fourth-order valence-electron chi connectivity index (χ4n) is 4.66. The molecule has 4 rings (SSSR count). The van der Waals surface area contributed by atoms with E-state index in [0.717, 1.165) is 59.3 Å². The molecular formula is C32H38N2O4. The molecule has 0 N–H and O–H groups in total. The lowest BCUT2D eigenvalue weighted by Gasteiger charge is -2.30. The lowest BCUT2D eigenvalue weighted by Crippen LogP contribution is -2.43. The Labute approximate surface area is 225 Å². The molecule has 6 heteroatoms. The number of hydrogen-bond acceptors (Lipinski definition) is 6. The summed E-state index contributed by atoms with van der Waals surface area (Å²) in [4.78, 5) is 33.2. The van der Waals surface area contributed by atoms with E-state index in [4.69, 9.17) is 14.5 Å². The lowest BCUT2D eigenvalue weighted by molar-refractivity contribution is -0.171. The van der Waals surface area contributed by atoms with E-state index >= 15 is 0 Å². The van der Waals surface area contributed by atoms with Crippen LogP contribution < -0.4 is 9.64 Å². The van der Waals surface area contributed by atoms with E-state index in [1.165, 1.54) is 0 Å². The highest BCUT2D eigenvalue weighted by molar-refractivity contribution is 6.11. The van der Waals surface area contributed by atoms with Crippen molar-refractivity contribution in [1.29, 1.82) is 0 Å². The first kappa shape index (κ1) is 27.4. The van der Waals surface area contributed by atoms with Crippen LogP contribution in [0.4, 0.5) is 5.82 Å². The van der Waals surface area contributed by atoms with Crippen molar-refractivity contribution in [2.24, 2.45) is 0 Å². The Morgan fingerprint density at radius 3 is 2.21 bits per heavy atom. The molecule has 0 aliphatic carbocycles. The van der Waals surface area contributed by atoms with Crippen molar-refractivity contribution >= 4 is 34.5 Å². The van der Waals surface area contributed by atoms with Crippen LogP contribution in [0.5, 0.6) is 5.75 Å². The summed E-state index contributed by atoms with van der Waals surface area (Å²) < 4.78 is 11.7. The van der Waals surface area contributed by atoms with Gasteiger partial charge in [0.2, 0.25) is 0 Å². The standard InChI is InChI=1S/C32H38N2O4/c1-21-18-23(19-22(2)28(21)37-32(6,7)30(36)38-31(3,4)5)14-15-27(35)25-20-24-12-8-9-13-26(24)33-29(25)34-16-10-11-17-34/h8-9,12-15,18-20H,10-11,16-17H2,1-7H3/b15-14+. The molecule has 38 heavy (non-hydrogen) atoms.